The molecule has 5 heteroatoms. The number of likely N-dealkylation sites (tertiary alicyclic amines) is 1. The van der Waals surface area contributed by atoms with E-state index in [0.29, 0.717) is 24.6 Å². The van der Waals surface area contributed by atoms with E-state index in [1.54, 1.807) is 0 Å². The number of nitrogens with zero attached hydrogens (tertiary/aromatic N) is 1. The maximum atomic E-state index is 12.9. The van der Waals surface area contributed by atoms with E-state index in [4.69, 9.17) is 9.47 Å². The van der Waals surface area contributed by atoms with Crippen LogP contribution in [0.25, 0.3) is 0 Å². The van der Waals surface area contributed by atoms with Gasteiger partial charge in [-0.1, -0.05) is 18.2 Å². The van der Waals surface area contributed by atoms with Crippen LogP contribution in [0.5, 0.6) is 5.75 Å². The third-order valence-electron chi connectivity index (χ3n) is 6.51. The first-order chi connectivity index (χ1) is 12.8. The minimum atomic E-state index is 0.0359. The van der Waals surface area contributed by atoms with Gasteiger partial charge in [-0.3, -0.25) is 9.69 Å². The molecular weight excluding hydrogens is 328 g/mol. The molecule has 1 aliphatic carbocycles. The number of benzene rings is 1. The Bertz CT molecular complexity index is 669. The summed E-state index contributed by atoms with van der Waals surface area (Å²) < 4.78 is 11.6. The number of carbonyl (C=O) groups is 1. The quantitative estimate of drug-likeness (QED) is 0.900. The number of nitrogens with one attached hydrogen (secondary N) is 1. The number of rotatable bonds is 4. The second kappa shape index (κ2) is 6.86. The van der Waals surface area contributed by atoms with E-state index in [1.165, 1.54) is 5.56 Å². The highest BCUT2D eigenvalue weighted by atomic mass is 16.5. The summed E-state index contributed by atoms with van der Waals surface area (Å²) in [5.41, 5.74) is 1.26. The lowest BCUT2D eigenvalue weighted by Crippen LogP contribution is -2.39. The maximum absolute atomic E-state index is 12.9. The number of para-hydroxylation sites is 1. The van der Waals surface area contributed by atoms with Crippen LogP contribution >= 0.6 is 0 Å². The number of carbonyl (C=O) groups excluding carboxylic acids is 1. The van der Waals surface area contributed by atoms with E-state index in [2.05, 4.69) is 28.4 Å². The molecule has 2 saturated heterocycles. The Morgan fingerprint density at radius 1 is 1.15 bits per heavy atom. The van der Waals surface area contributed by atoms with Gasteiger partial charge in [-0.2, -0.15) is 0 Å². The van der Waals surface area contributed by atoms with Crippen molar-refractivity contribution in [2.24, 2.45) is 17.8 Å². The second-order valence-corrected chi connectivity index (χ2v) is 8.36. The number of amides is 1. The summed E-state index contributed by atoms with van der Waals surface area (Å²) in [7, 11) is 0. The fourth-order valence-corrected chi connectivity index (χ4v) is 4.93. The van der Waals surface area contributed by atoms with Crippen LogP contribution in [0.4, 0.5) is 0 Å². The van der Waals surface area contributed by atoms with Crippen molar-refractivity contribution in [1.29, 1.82) is 0 Å². The van der Waals surface area contributed by atoms with Crippen molar-refractivity contribution in [2.45, 2.75) is 37.8 Å². The van der Waals surface area contributed by atoms with E-state index in [1.807, 2.05) is 6.07 Å². The summed E-state index contributed by atoms with van der Waals surface area (Å²) >= 11 is 0. The lowest BCUT2D eigenvalue weighted by molar-refractivity contribution is -0.126. The number of fused-ring (bicyclic) bond motifs is 3. The van der Waals surface area contributed by atoms with Crippen LogP contribution in [0.15, 0.2) is 24.3 Å². The van der Waals surface area contributed by atoms with Crippen LogP contribution in [-0.2, 0) is 9.53 Å². The maximum Gasteiger partial charge on any atom is 0.225 e. The van der Waals surface area contributed by atoms with Gasteiger partial charge in [0, 0.05) is 49.9 Å². The first-order valence-corrected chi connectivity index (χ1v) is 10.1. The molecule has 0 bridgehead atoms. The first-order valence-electron chi connectivity index (χ1n) is 10.1. The zero-order valence-corrected chi connectivity index (χ0v) is 15.2. The Morgan fingerprint density at radius 3 is 2.77 bits per heavy atom. The zero-order valence-electron chi connectivity index (χ0n) is 15.2. The van der Waals surface area contributed by atoms with Crippen LogP contribution in [-0.4, -0.2) is 49.8 Å². The third-order valence-corrected chi connectivity index (χ3v) is 6.51. The van der Waals surface area contributed by atoms with Crippen molar-refractivity contribution in [3.8, 4) is 5.75 Å². The van der Waals surface area contributed by atoms with Crippen LogP contribution in [0.1, 0.15) is 37.3 Å². The van der Waals surface area contributed by atoms with Gasteiger partial charge in [0.2, 0.25) is 5.91 Å². The van der Waals surface area contributed by atoms with Gasteiger partial charge in [-0.15, -0.1) is 0 Å². The van der Waals surface area contributed by atoms with Gasteiger partial charge in [0.1, 0.15) is 5.75 Å². The smallest absolute Gasteiger partial charge is 0.225 e. The standard InChI is InChI=1S/C21H28N2O3/c24-21(22-15-5-6-15)17-12-23(11-14-7-9-25-10-8-14)20-16-3-1-2-4-19(16)26-13-18(17)20/h1-4,14-15,17-18,20H,5-13H2,(H,22,24)/t17-,18+,20+/m1/s1. The Morgan fingerprint density at radius 2 is 1.96 bits per heavy atom. The largest absolute Gasteiger partial charge is 0.493 e. The first kappa shape index (κ1) is 16.6. The SMILES string of the molecule is O=C(NC1CC1)[C@@H]1CN(CC2CCOCC2)[C@H]2c3ccccc3OC[C@@H]12. The average Bonchev–Trinajstić information content (AvgIpc) is 3.41. The molecule has 0 aromatic heterocycles. The molecule has 1 N–H and O–H groups in total. The van der Waals surface area contributed by atoms with Crippen LogP contribution in [0, 0.1) is 17.8 Å². The number of hydrogen-bond acceptors (Lipinski definition) is 4. The highest BCUT2D eigenvalue weighted by Gasteiger charge is 2.49. The molecule has 1 aromatic carbocycles. The molecule has 0 spiro atoms. The summed E-state index contributed by atoms with van der Waals surface area (Å²) in [4.78, 5) is 15.5. The summed E-state index contributed by atoms with van der Waals surface area (Å²) in [5.74, 6) is 2.19. The number of hydrogen-bond donors (Lipinski definition) is 1. The molecule has 5 rings (SSSR count). The summed E-state index contributed by atoms with van der Waals surface area (Å²) in [6.45, 7) is 4.31. The van der Waals surface area contributed by atoms with Crippen LogP contribution < -0.4 is 10.1 Å². The van der Waals surface area contributed by atoms with Crippen molar-refractivity contribution in [3.05, 3.63) is 29.8 Å². The molecule has 3 aliphatic heterocycles. The molecule has 26 heavy (non-hydrogen) atoms. The lowest BCUT2D eigenvalue weighted by atomic mass is 9.84. The summed E-state index contributed by atoms with van der Waals surface area (Å²) in [6.07, 6.45) is 4.53. The molecular formula is C21H28N2O3. The van der Waals surface area contributed by atoms with E-state index in [9.17, 15) is 4.79 Å². The molecule has 0 unspecified atom stereocenters. The van der Waals surface area contributed by atoms with E-state index >= 15 is 0 Å². The molecule has 1 aromatic rings. The van der Waals surface area contributed by atoms with Crippen LogP contribution in [0.2, 0.25) is 0 Å². The fourth-order valence-electron chi connectivity index (χ4n) is 4.93. The Hall–Kier alpha value is -1.59. The van der Waals surface area contributed by atoms with Crippen molar-refractivity contribution >= 4 is 5.91 Å². The van der Waals surface area contributed by atoms with Gasteiger partial charge in [-0.25, -0.2) is 0 Å². The van der Waals surface area contributed by atoms with Crippen molar-refractivity contribution in [2.75, 3.05) is 32.9 Å². The molecule has 1 amide bonds. The topological polar surface area (TPSA) is 50.8 Å². The highest BCUT2D eigenvalue weighted by Crippen LogP contribution is 2.48. The molecule has 0 radical (unpaired) electrons. The molecule has 140 valence electrons. The molecule has 3 heterocycles. The minimum absolute atomic E-state index is 0.0359. The predicted octanol–water partition coefficient (Wildman–Crippen LogP) is 2.37. The van der Waals surface area contributed by atoms with Crippen molar-refractivity contribution in [1.82, 2.24) is 10.2 Å². The highest BCUT2D eigenvalue weighted by molar-refractivity contribution is 5.80. The van der Waals surface area contributed by atoms with Gasteiger partial charge < -0.3 is 14.8 Å². The number of ether oxygens (including phenoxy) is 2. The van der Waals surface area contributed by atoms with Gasteiger partial charge in [0.05, 0.1) is 12.5 Å². The molecule has 5 nitrogen and oxygen atoms in total. The van der Waals surface area contributed by atoms with Crippen LogP contribution in [0.3, 0.4) is 0 Å². The van der Waals surface area contributed by atoms with Gasteiger partial charge in [-0.05, 0) is 37.7 Å². The van der Waals surface area contributed by atoms with Crippen molar-refractivity contribution in [3.63, 3.8) is 0 Å². The summed E-state index contributed by atoms with van der Waals surface area (Å²) in [5, 5.41) is 3.24. The second-order valence-electron chi connectivity index (χ2n) is 8.36. The van der Waals surface area contributed by atoms with E-state index in [-0.39, 0.29) is 17.7 Å². The average molecular weight is 356 g/mol. The zero-order chi connectivity index (χ0) is 17.5. The molecule has 3 fully saturated rings. The summed E-state index contributed by atoms with van der Waals surface area (Å²) in [6, 6.07) is 9.10. The van der Waals surface area contributed by atoms with Gasteiger partial charge in [0.15, 0.2) is 0 Å². The van der Waals surface area contributed by atoms with Gasteiger partial charge in [0.25, 0.3) is 0 Å². The Labute approximate surface area is 155 Å². The van der Waals surface area contributed by atoms with Gasteiger partial charge >= 0.3 is 0 Å². The Kier molecular flexibility index (Phi) is 4.37. The molecule has 4 aliphatic rings. The third kappa shape index (κ3) is 3.12. The molecule has 3 atom stereocenters. The van der Waals surface area contributed by atoms with E-state index < -0.39 is 0 Å². The monoisotopic (exact) mass is 356 g/mol. The predicted molar refractivity (Wildman–Crippen MR) is 97.9 cm³/mol. The normalized spacial score (nSPS) is 31.8. The Balaban J connectivity index is 1.40. The lowest BCUT2D eigenvalue weighted by Gasteiger charge is -2.36. The molecule has 1 saturated carbocycles. The van der Waals surface area contributed by atoms with Crippen molar-refractivity contribution < 1.29 is 14.3 Å². The van der Waals surface area contributed by atoms with E-state index in [0.717, 1.165) is 57.7 Å². The fraction of sp³-hybridized carbons (Fsp3) is 0.667. The minimum Gasteiger partial charge on any atom is -0.493 e.